The number of Topliss-reactive ketones (excluding diaryl/α,β-unsaturated/α-hetero) is 1. The van der Waals surface area contributed by atoms with Gasteiger partial charge in [0.2, 0.25) is 0 Å². The van der Waals surface area contributed by atoms with Gasteiger partial charge in [-0.25, -0.2) is 0 Å². The van der Waals surface area contributed by atoms with Crippen LogP contribution in [0.2, 0.25) is 0 Å². The summed E-state index contributed by atoms with van der Waals surface area (Å²) in [6, 6.07) is 23.9. The molecule has 0 aromatic heterocycles. The minimum Gasteiger partial charge on any atom is -0.497 e. The second-order valence-electron chi connectivity index (χ2n) is 7.40. The summed E-state index contributed by atoms with van der Waals surface area (Å²) in [4.78, 5) is 13.0. The summed E-state index contributed by atoms with van der Waals surface area (Å²) in [6.07, 6.45) is 3.86. The maximum Gasteiger partial charge on any atom is 0.165 e. The monoisotopic (exact) mass is 465 g/mol. The maximum absolute atomic E-state index is 13.0. The highest BCUT2D eigenvalue weighted by Gasteiger charge is 2.18. The number of unbranched alkanes of at least 4 members (excludes halogenated alkanes) is 1. The van der Waals surface area contributed by atoms with Gasteiger partial charge in [-0.3, -0.25) is 4.79 Å². The van der Waals surface area contributed by atoms with Crippen molar-refractivity contribution in [3.05, 3.63) is 94.0 Å². The van der Waals surface area contributed by atoms with Crippen LogP contribution in [-0.2, 0) is 6.42 Å². The minimum atomic E-state index is -0.116. The fraction of sp³-hybridized carbons (Fsp3) is 0.269. The van der Waals surface area contributed by atoms with Gasteiger partial charge in [-0.05, 0) is 72.5 Å². The first-order chi connectivity index (χ1) is 14.6. The standard InChI is InChI=1S/C26H28BrNO2/c1-3-4-5-19-6-14-23(15-7-19)28-25(20-8-12-22(27)13-9-20)18-26(29)21-10-16-24(30-2)17-11-21/h6-17,25,28H,3-5,18H2,1-2H3/t25-/m1/s1. The third kappa shape index (κ3) is 6.20. The number of aryl methyl sites for hydroxylation is 1. The third-order valence-corrected chi connectivity index (χ3v) is 5.72. The lowest BCUT2D eigenvalue weighted by atomic mass is 9.97. The summed E-state index contributed by atoms with van der Waals surface area (Å²) in [5.41, 5.74) is 4.13. The van der Waals surface area contributed by atoms with Crippen LogP contribution in [0, 0.1) is 0 Å². The Morgan fingerprint density at radius 3 is 2.23 bits per heavy atom. The van der Waals surface area contributed by atoms with Crippen molar-refractivity contribution >= 4 is 27.4 Å². The van der Waals surface area contributed by atoms with Gasteiger partial charge in [0, 0.05) is 22.1 Å². The number of ketones is 1. The zero-order chi connectivity index (χ0) is 21.3. The zero-order valence-electron chi connectivity index (χ0n) is 17.5. The number of hydrogen-bond acceptors (Lipinski definition) is 3. The summed E-state index contributed by atoms with van der Waals surface area (Å²) in [7, 11) is 1.62. The fourth-order valence-electron chi connectivity index (χ4n) is 3.38. The Balaban J connectivity index is 1.77. The Hall–Kier alpha value is -2.59. The molecule has 0 amide bonds. The highest BCUT2D eigenvalue weighted by molar-refractivity contribution is 9.10. The minimum absolute atomic E-state index is 0.0950. The molecular formula is C26H28BrNO2. The van der Waals surface area contributed by atoms with E-state index in [2.05, 4.69) is 64.6 Å². The number of anilines is 1. The Morgan fingerprint density at radius 2 is 1.63 bits per heavy atom. The number of carbonyl (C=O) groups excluding carboxylic acids is 1. The molecule has 0 aliphatic rings. The molecule has 30 heavy (non-hydrogen) atoms. The first-order valence-electron chi connectivity index (χ1n) is 10.4. The SMILES string of the molecule is CCCCc1ccc(N[C@H](CC(=O)c2ccc(OC)cc2)c2ccc(Br)cc2)cc1. The smallest absolute Gasteiger partial charge is 0.165 e. The van der Waals surface area contributed by atoms with Crippen molar-refractivity contribution in [1.82, 2.24) is 0 Å². The topological polar surface area (TPSA) is 38.3 Å². The number of halogens is 1. The molecule has 3 nitrogen and oxygen atoms in total. The van der Waals surface area contributed by atoms with Gasteiger partial charge in [-0.1, -0.05) is 53.5 Å². The van der Waals surface area contributed by atoms with Crippen LogP contribution in [0.25, 0.3) is 0 Å². The predicted octanol–water partition coefficient (Wildman–Crippen LogP) is 7.23. The van der Waals surface area contributed by atoms with Crippen LogP contribution in [0.1, 0.15) is 53.7 Å². The van der Waals surface area contributed by atoms with Gasteiger partial charge in [0.15, 0.2) is 5.78 Å². The van der Waals surface area contributed by atoms with Gasteiger partial charge in [-0.15, -0.1) is 0 Å². The molecule has 0 saturated carbocycles. The molecule has 0 bridgehead atoms. The normalized spacial score (nSPS) is 11.7. The summed E-state index contributed by atoms with van der Waals surface area (Å²) in [5.74, 6) is 0.843. The molecule has 3 aromatic rings. The number of nitrogens with one attached hydrogen (secondary N) is 1. The van der Waals surface area contributed by atoms with Crippen LogP contribution in [0.3, 0.4) is 0 Å². The van der Waals surface area contributed by atoms with Crippen molar-refractivity contribution in [1.29, 1.82) is 0 Å². The largest absolute Gasteiger partial charge is 0.497 e. The van der Waals surface area contributed by atoms with Gasteiger partial charge in [0.25, 0.3) is 0 Å². The molecule has 0 saturated heterocycles. The van der Waals surface area contributed by atoms with Crippen LogP contribution in [0.5, 0.6) is 5.75 Å². The highest BCUT2D eigenvalue weighted by atomic mass is 79.9. The number of methoxy groups -OCH3 is 1. The Labute approximate surface area is 187 Å². The summed E-state index contributed by atoms with van der Waals surface area (Å²) >= 11 is 3.49. The molecule has 1 atom stereocenters. The zero-order valence-corrected chi connectivity index (χ0v) is 19.1. The Morgan fingerprint density at radius 1 is 0.967 bits per heavy atom. The summed E-state index contributed by atoms with van der Waals surface area (Å²) in [5, 5.41) is 3.56. The van der Waals surface area contributed by atoms with Crippen molar-refractivity contribution in [2.45, 2.75) is 38.6 Å². The molecule has 0 spiro atoms. The number of benzene rings is 3. The second kappa shape index (κ2) is 11.0. The quantitative estimate of drug-likeness (QED) is 0.321. The molecule has 1 N–H and O–H groups in total. The molecule has 0 radical (unpaired) electrons. The number of rotatable bonds is 10. The van der Waals surface area contributed by atoms with Crippen LogP contribution in [0.4, 0.5) is 5.69 Å². The van der Waals surface area contributed by atoms with E-state index in [0.29, 0.717) is 12.0 Å². The predicted molar refractivity (Wildman–Crippen MR) is 128 cm³/mol. The summed E-state index contributed by atoms with van der Waals surface area (Å²) < 4.78 is 6.22. The first-order valence-corrected chi connectivity index (χ1v) is 11.2. The van der Waals surface area contributed by atoms with Crippen LogP contribution < -0.4 is 10.1 Å². The number of hydrogen-bond donors (Lipinski definition) is 1. The van der Waals surface area contributed by atoms with Crippen molar-refractivity contribution in [2.24, 2.45) is 0 Å². The molecule has 0 unspecified atom stereocenters. The van der Waals surface area contributed by atoms with Gasteiger partial charge >= 0.3 is 0 Å². The molecule has 4 heteroatoms. The molecule has 0 heterocycles. The molecule has 3 rings (SSSR count). The highest BCUT2D eigenvalue weighted by Crippen LogP contribution is 2.27. The van der Waals surface area contributed by atoms with Gasteiger partial charge in [-0.2, -0.15) is 0 Å². The van der Waals surface area contributed by atoms with Crippen molar-refractivity contribution in [3.63, 3.8) is 0 Å². The van der Waals surface area contributed by atoms with Crippen LogP contribution in [0.15, 0.2) is 77.3 Å². The lowest BCUT2D eigenvalue weighted by Gasteiger charge is -2.20. The molecular weight excluding hydrogens is 438 g/mol. The average Bonchev–Trinajstić information content (AvgIpc) is 2.78. The average molecular weight is 466 g/mol. The van der Waals surface area contributed by atoms with E-state index in [1.165, 1.54) is 18.4 Å². The third-order valence-electron chi connectivity index (χ3n) is 5.19. The molecule has 0 fully saturated rings. The number of ether oxygens (including phenoxy) is 1. The van der Waals surface area contributed by atoms with Gasteiger partial charge in [0.05, 0.1) is 13.2 Å². The molecule has 156 valence electrons. The van der Waals surface area contributed by atoms with Gasteiger partial charge < -0.3 is 10.1 Å². The van der Waals surface area contributed by atoms with E-state index < -0.39 is 0 Å². The molecule has 3 aromatic carbocycles. The lowest BCUT2D eigenvalue weighted by molar-refractivity contribution is 0.0976. The van der Waals surface area contributed by atoms with Crippen LogP contribution >= 0.6 is 15.9 Å². The Kier molecular flexibility index (Phi) is 8.09. The molecule has 0 aliphatic heterocycles. The van der Waals surface area contributed by atoms with E-state index in [0.717, 1.165) is 27.9 Å². The van der Waals surface area contributed by atoms with E-state index in [4.69, 9.17) is 4.74 Å². The van der Waals surface area contributed by atoms with Crippen molar-refractivity contribution in [3.8, 4) is 5.75 Å². The van der Waals surface area contributed by atoms with Crippen molar-refractivity contribution in [2.75, 3.05) is 12.4 Å². The van der Waals surface area contributed by atoms with Gasteiger partial charge in [0.1, 0.15) is 5.75 Å². The van der Waals surface area contributed by atoms with E-state index in [1.54, 1.807) is 7.11 Å². The second-order valence-corrected chi connectivity index (χ2v) is 8.32. The van der Waals surface area contributed by atoms with Crippen LogP contribution in [-0.4, -0.2) is 12.9 Å². The van der Waals surface area contributed by atoms with E-state index >= 15 is 0 Å². The van der Waals surface area contributed by atoms with E-state index in [1.807, 2.05) is 36.4 Å². The lowest BCUT2D eigenvalue weighted by Crippen LogP contribution is -2.16. The fourth-order valence-corrected chi connectivity index (χ4v) is 3.64. The van der Waals surface area contributed by atoms with E-state index in [9.17, 15) is 4.79 Å². The molecule has 0 aliphatic carbocycles. The Bertz CT molecular complexity index is 934. The number of carbonyl (C=O) groups is 1. The summed E-state index contributed by atoms with van der Waals surface area (Å²) in [6.45, 7) is 2.21. The van der Waals surface area contributed by atoms with E-state index in [-0.39, 0.29) is 11.8 Å². The maximum atomic E-state index is 13.0. The first kappa shape index (κ1) is 22.1. The van der Waals surface area contributed by atoms with Crippen molar-refractivity contribution < 1.29 is 9.53 Å².